The van der Waals surface area contributed by atoms with Gasteiger partial charge in [-0.25, -0.2) is 9.78 Å². The Hall–Kier alpha value is -5.39. The Labute approximate surface area is 350 Å². The summed E-state index contributed by atoms with van der Waals surface area (Å²) in [6.45, 7) is 4.26. The molecule has 2 aliphatic rings. The number of nitrogens with two attached hydrogens (primary N) is 1. The molecule has 60 heavy (non-hydrogen) atoms. The highest BCUT2D eigenvalue weighted by Crippen LogP contribution is 2.42. The number of carbonyl (C=O) groups excluding carboxylic acids is 4. The number of methoxy groups -OCH3 is 1. The lowest BCUT2D eigenvalue weighted by atomic mass is 9.81. The Morgan fingerprint density at radius 1 is 0.900 bits per heavy atom. The number of anilines is 1. The number of halogens is 5. The van der Waals surface area contributed by atoms with Gasteiger partial charge in [0.25, 0.3) is 5.91 Å². The average molecular weight is 857 g/mol. The van der Waals surface area contributed by atoms with E-state index in [4.69, 9.17) is 5.73 Å². The van der Waals surface area contributed by atoms with Gasteiger partial charge in [-0.05, 0) is 130 Å². The molecule has 0 bridgehead atoms. The third-order valence-corrected chi connectivity index (χ3v) is 11.1. The maximum absolute atomic E-state index is 14.5. The second kappa shape index (κ2) is 19.8. The van der Waals surface area contributed by atoms with Crippen LogP contribution in [0.2, 0.25) is 0 Å². The molecular formula is C42H49ClF4N8O5. The smallest absolute Gasteiger partial charge is 0.412 e. The fraction of sp³-hybridized carbons (Fsp3) is 0.429. The van der Waals surface area contributed by atoms with E-state index in [9.17, 15) is 36.7 Å². The summed E-state index contributed by atoms with van der Waals surface area (Å²) in [5, 5.41) is 17.5. The predicted octanol–water partition coefficient (Wildman–Crippen LogP) is 5.68. The molecule has 7 N–H and O–H groups in total. The summed E-state index contributed by atoms with van der Waals surface area (Å²) in [5.74, 6) is -15.4. The highest BCUT2D eigenvalue weighted by molar-refractivity contribution is 5.98. The molecule has 2 heterocycles. The molecule has 4 aromatic rings. The third kappa shape index (κ3) is 10.5. The lowest BCUT2D eigenvalue weighted by molar-refractivity contribution is -0.233. The largest absolute Gasteiger partial charge is 0.464 e. The number of aromatic amines is 1. The lowest BCUT2D eigenvalue weighted by Gasteiger charge is -2.28. The van der Waals surface area contributed by atoms with Crippen molar-refractivity contribution in [1.82, 2.24) is 31.1 Å². The van der Waals surface area contributed by atoms with Crippen molar-refractivity contribution in [1.29, 1.82) is 0 Å². The fourth-order valence-electron chi connectivity index (χ4n) is 7.45. The maximum Gasteiger partial charge on any atom is 0.412 e. The Bertz CT molecular complexity index is 2120. The highest BCUT2D eigenvalue weighted by Gasteiger charge is 2.66. The quantitative estimate of drug-likeness (QED) is 0.0684. The van der Waals surface area contributed by atoms with Crippen LogP contribution >= 0.6 is 12.4 Å². The minimum absolute atomic E-state index is 0. The van der Waals surface area contributed by atoms with Gasteiger partial charge in [-0.15, -0.1) is 12.4 Å². The molecule has 322 valence electrons. The zero-order chi connectivity index (χ0) is 42.3. The van der Waals surface area contributed by atoms with Crippen molar-refractivity contribution in [2.75, 3.05) is 32.1 Å². The van der Waals surface area contributed by atoms with E-state index in [0.29, 0.717) is 43.7 Å². The first-order valence-corrected chi connectivity index (χ1v) is 19.6. The number of hydrogen-bond donors (Lipinski definition) is 6. The van der Waals surface area contributed by atoms with E-state index in [1.54, 1.807) is 0 Å². The van der Waals surface area contributed by atoms with E-state index >= 15 is 0 Å². The Morgan fingerprint density at radius 2 is 1.55 bits per heavy atom. The summed E-state index contributed by atoms with van der Waals surface area (Å²) in [6, 6.07) is 18.1. The van der Waals surface area contributed by atoms with Gasteiger partial charge in [0.1, 0.15) is 6.04 Å². The topological polar surface area (TPSA) is 193 Å². The van der Waals surface area contributed by atoms with Crippen molar-refractivity contribution in [3.8, 4) is 22.5 Å². The number of nitrogens with zero attached hydrogens (tertiary/aromatic N) is 2. The molecule has 1 atom stereocenters. The molecule has 3 aromatic carbocycles. The number of alkyl halides is 4. The molecule has 18 heteroatoms. The van der Waals surface area contributed by atoms with Gasteiger partial charge in [0.05, 0.1) is 7.11 Å². The van der Waals surface area contributed by atoms with Crippen LogP contribution in [0.5, 0.6) is 0 Å². The maximum atomic E-state index is 14.5. The van der Waals surface area contributed by atoms with E-state index in [1.165, 1.54) is 24.3 Å². The fourth-order valence-corrected chi connectivity index (χ4v) is 7.45. The van der Waals surface area contributed by atoms with Gasteiger partial charge in [-0.1, -0.05) is 30.3 Å². The molecule has 1 aromatic heterocycles. The molecule has 0 radical (unpaired) electrons. The SMILES string of the molecule is COC(=O)C(F)(F)C(F)(F)c1n[nH]c(-c2ccc(NC(=O)[C@H](Cc3ccc(-c4ccc(C(=O)NC5CCNCC5)cc4C)cc3)NC(=O)C3CCC(CN)CC3)cc2)n1.Cl. The van der Waals surface area contributed by atoms with E-state index in [1.807, 2.05) is 49.4 Å². The second-order valence-corrected chi connectivity index (χ2v) is 15.2. The Morgan fingerprint density at radius 3 is 2.17 bits per heavy atom. The van der Waals surface area contributed by atoms with Crippen LogP contribution in [0, 0.1) is 18.8 Å². The third-order valence-electron chi connectivity index (χ3n) is 11.1. The van der Waals surface area contributed by atoms with Crippen LogP contribution in [-0.4, -0.2) is 83.6 Å². The number of amides is 3. The first-order chi connectivity index (χ1) is 28.2. The molecular weight excluding hydrogens is 808 g/mol. The van der Waals surface area contributed by atoms with Crippen molar-refractivity contribution in [3.05, 3.63) is 89.2 Å². The molecule has 6 rings (SSSR count). The molecule has 0 unspecified atom stereocenters. The standard InChI is InChI=1S/C42H48F4N8O5.ClH/c1-24-21-30(37(56)49-32-17-19-48-20-18-32)13-16-33(24)27-7-3-25(4-8-27)22-34(51-36(55)29-9-5-26(23-47)6-10-29)38(57)50-31-14-11-28(12-15-31)35-52-39(54-53-35)41(43,44)42(45,46)40(58)59-2;/h3-4,7-8,11-16,21,26,29,32,34,48H,5-6,9-10,17-20,22-23,47H2,1-2H3,(H,49,56)(H,50,57)(H,51,55)(H,52,53,54);1H/t26?,29?,34-;/m0./s1. The van der Waals surface area contributed by atoms with E-state index < -0.39 is 35.6 Å². The molecule has 2 fully saturated rings. The van der Waals surface area contributed by atoms with Crippen molar-refractivity contribution in [3.63, 3.8) is 0 Å². The van der Waals surface area contributed by atoms with E-state index in [-0.39, 0.29) is 54.0 Å². The number of aromatic nitrogens is 3. The number of carbonyl (C=O) groups is 4. The zero-order valence-corrected chi connectivity index (χ0v) is 34.0. The molecule has 13 nitrogen and oxygen atoms in total. The average Bonchev–Trinajstić information content (AvgIpc) is 3.75. The first-order valence-electron chi connectivity index (χ1n) is 19.6. The summed E-state index contributed by atoms with van der Waals surface area (Å²) in [7, 11) is 0.556. The van der Waals surface area contributed by atoms with Crippen LogP contribution in [0.15, 0.2) is 66.7 Å². The van der Waals surface area contributed by atoms with Crippen LogP contribution in [0.25, 0.3) is 22.5 Å². The Balaban J connectivity index is 0.00000683. The molecule has 3 amide bonds. The molecule has 1 aliphatic heterocycles. The predicted molar refractivity (Wildman–Crippen MR) is 219 cm³/mol. The lowest BCUT2D eigenvalue weighted by Crippen LogP contribution is -2.48. The number of nitrogens with one attached hydrogen (secondary N) is 5. The molecule has 0 spiro atoms. The number of hydrogen-bond acceptors (Lipinski definition) is 9. The monoisotopic (exact) mass is 856 g/mol. The van der Waals surface area contributed by atoms with Gasteiger partial charge in [0.2, 0.25) is 17.6 Å². The second-order valence-electron chi connectivity index (χ2n) is 15.2. The van der Waals surface area contributed by atoms with Gasteiger partial charge in [0.15, 0.2) is 5.82 Å². The van der Waals surface area contributed by atoms with Crippen LogP contribution < -0.4 is 27.0 Å². The summed E-state index contributed by atoms with van der Waals surface area (Å²) < 4.78 is 61.0. The van der Waals surface area contributed by atoms with Crippen molar-refractivity contribution >= 4 is 41.8 Å². The highest BCUT2D eigenvalue weighted by atomic mass is 35.5. The first kappa shape index (κ1) is 45.7. The van der Waals surface area contributed by atoms with Gasteiger partial charge in [0, 0.05) is 35.2 Å². The number of piperidine rings is 1. The van der Waals surface area contributed by atoms with Gasteiger partial charge in [-0.2, -0.15) is 22.7 Å². The number of benzene rings is 3. The van der Waals surface area contributed by atoms with E-state index in [0.717, 1.165) is 61.0 Å². The van der Waals surface area contributed by atoms with Crippen molar-refractivity contribution < 1.29 is 41.5 Å². The molecule has 1 saturated heterocycles. The van der Waals surface area contributed by atoms with Crippen molar-refractivity contribution in [2.24, 2.45) is 17.6 Å². The van der Waals surface area contributed by atoms with Gasteiger partial charge < -0.3 is 31.7 Å². The van der Waals surface area contributed by atoms with Crippen LogP contribution in [0.1, 0.15) is 65.8 Å². The number of ether oxygens (including phenoxy) is 1. The molecule has 1 aliphatic carbocycles. The Kier molecular flexibility index (Phi) is 15.1. The number of esters is 1. The normalized spacial score (nSPS) is 17.8. The van der Waals surface area contributed by atoms with E-state index in [2.05, 4.69) is 41.2 Å². The van der Waals surface area contributed by atoms with Crippen LogP contribution in [0.3, 0.4) is 0 Å². The summed E-state index contributed by atoms with van der Waals surface area (Å²) in [6.07, 6.45) is 4.90. The van der Waals surface area contributed by atoms with Crippen LogP contribution in [-0.2, 0) is 31.5 Å². The zero-order valence-electron chi connectivity index (χ0n) is 33.2. The van der Waals surface area contributed by atoms with Gasteiger partial charge in [-0.3, -0.25) is 19.5 Å². The minimum Gasteiger partial charge on any atom is -0.464 e. The van der Waals surface area contributed by atoms with Crippen LogP contribution in [0.4, 0.5) is 23.2 Å². The van der Waals surface area contributed by atoms with Gasteiger partial charge >= 0.3 is 17.8 Å². The minimum atomic E-state index is -5.22. The number of aryl methyl sites for hydroxylation is 1. The van der Waals surface area contributed by atoms with Crippen molar-refractivity contribution in [2.45, 2.75) is 75.8 Å². The summed E-state index contributed by atoms with van der Waals surface area (Å²) in [4.78, 5) is 55.1. The summed E-state index contributed by atoms with van der Waals surface area (Å²) in [5.41, 5.74) is 10.5. The molecule has 1 saturated carbocycles. The summed E-state index contributed by atoms with van der Waals surface area (Å²) >= 11 is 0. The number of H-pyrrole nitrogens is 1. The number of rotatable bonds is 14.